The Labute approximate surface area is 123 Å². The number of hydrogen-bond donors (Lipinski definition) is 1. The smallest absolute Gasteiger partial charge is 0.255 e. The highest BCUT2D eigenvalue weighted by atomic mass is 16.5. The summed E-state index contributed by atoms with van der Waals surface area (Å²) in [6, 6.07) is 15.0. The Morgan fingerprint density at radius 2 is 1.76 bits per heavy atom. The van der Waals surface area contributed by atoms with Crippen LogP contribution in [0, 0.1) is 0 Å². The summed E-state index contributed by atoms with van der Waals surface area (Å²) in [4.78, 5) is 12.2. The molecule has 0 unspecified atom stereocenters. The van der Waals surface area contributed by atoms with Crippen LogP contribution in [0.25, 0.3) is 0 Å². The second-order valence-corrected chi connectivity index (χ2v) is 5.04. The van der Waals surface area contributed by atoms with Crippen LogP contribution in [0.3, 0.4) is 0 Å². The molecule has 1 N–H and O–H groups in total. The van der Waals surface area contributed by atoms with Gasteiger partial charge in [0.15, 0.2) is 0 Å². The summed E-state index contributed by atoms with van der Waals surface area (Å²) in [6.45, 7) is 1.55. The van der Waals surface area contributed by atoms with E-state index in [1.165, 1.54) is 5.56 Å². The van der Waals surface area contributed by atoms with Crippen molar-refractivity contribution in [1.29, 1.82) is 0 Å². The molecule has 2 aromatic carbocycles. The van der Waals surface area contributed by atoms with Gasteiger partial charge in [-0.3, -0.25) is 4.79 Å². The number of benzene rings is 2. The van der Waals surface area contributed by atoms with Crippen LogP contribution in [0.2, 0.25) is 0 Å². The predicted octanol–water partition coefficient (Wildman–Crippen LogP) is 3.06. The first-order chi connectivity index (χ1) is 10.3. The van der Waals surface area contributed by atoms with Crippen LogP contribution in [0.15, 0.2) is 48.5 Å². The Kier molecular flexibility index (Phi) is 3.88. The summed E-state index contributed by atoms with van der Waals surface area (Å²) in [5.41, 5.74) is 2.62. The molecule has 4 nitrogen and oxygen atoms in total. The van der Waals surface area contributed by atoms with Crippen LogP contribution in [-0.2, 0) is 4.74 Å². The summed E-state index contributed by atoms with van der Waals surface area (Å²) in [6.07, 6.45) is 0. The average molecular weight is 283 g/mol. The average Bonchev–Trinajstić information content (AvgIpc) is 2.47. The summed E-state index contributed by atoms with van der Waals surface area (Å²) >= 11 is 0. The fourth-order valence-corrected chi connectivity index (χ4v) is 2.21. The summed E-state index contributed by atoms with van der Waals surface area (Å²) in [7, 11) is 1.61. The lowest BCUT2D eigenvalue weighted by atomic mass is 9.96. The van der Waals surface area contributed by atoms with Gasteiger partial charge in [-0.15, -0.1) is 0 Å². The first-order valence-electron chi connectivity index (χ1n) is 6.89. The maximum Gasteiger partial charge on any atom is 0.255 e. The minimum Gasteiger partial charge on any atom is -0.497 e. The number of carbonyl (C=O) groups excluding carboxylic acids is 1. The van der Waals surface area contributed by atoms with Gasteiger partial charge in [-0.1, -0.05) is 12.1 Å². The van der Waals surface area contributed by atoms with E-state index in [1.54, 1.807) is 7.11 Å². The number of ether oxygens (including phenoxy) is 2. The van der Waals surface area contributed by atoms with Crippen molar-refractivity contribution >= 4 is 11.6 Å². The van der Waals surface area contributed by atoms with Crippen molar-refractivity contribution in [3.63, 3.8) is 0 Å². The van der Waals surface area contributed by atoms with Crippen LogP contribution in [0.1, 0.15) is 21.8 Å². The van der Waals surface area contributed by atoms with Crippen molar-refractivity contribution in [3.8, 4) is 5.75 Å². The van der Waals surface area contributed by atoms with Crippen molar-refractivity contribution in [1.82, 2.24) is 0 Å². The van der Waals surface area contributed by atoms with Crippen molar-refractivity contribution in [2.75, 3.05) is 25.6 Å². The fourth-order valence-electron chi connectivity index (χ4n) is 2.21. The molecule has 1 amide bonds. The van der Waals surface area contributed by atoms with Gasteiger partial charge in [0.05, 0.1) is 20.3 Å². The van der Waals surface area contributed by atoms with Gasteiger partial charge in [-0.2, -0.15) is 0 Å². The van der Waals surface area contributed by atoms with E-state index in [-0.39, 0.29) is 5.91 Å². The molecule has 4 heteroatoms. The lowest BCUT2D eigenvalue weighted by Gasteiger charge is -2.26. The third kappa shape index (κ3) is 3.06. The molecule has 1 aliphatic heterocycles. The van der Waals surface area contributed by atoms with E-state index in [1.807, 2.05) is 48.5 Å². The van der Waals surface area contributed by atoms with Gasteiger partial charge < -0.3 is 14.8 Å². The van der Waals surface area contributed by atoms with Crippen molar-refractivity contribution < 1.29 is 14.3 Å². The van der Waals surface area contributed by atoms with Crippen molar-refractivity contribution in [2.24, 2.45) is 0 Å². The molecule has 1 fully saturated rings. The molecule has 3 rings (SSSR count). The van der Waals surface area contributed by atoms with Crippen molar-refractivity contribution in [3.05, 3.63) is 59.7 Å². The summed E-state index contributed by atoms with van der Waals surface area (Å²) in [5.74, 6) is 1.13. The highest BCUT2D eigenvalue weighted by Gasteiger charge is 2.20. The zero-order valence-corrected chi connectivity index (χ0v) is 11.8. The Balaban J connectivity index is 1.66. The van der Waals surface area contributed by atoms with Gasteiger partial charge >= 0.3 is 0 Å². The second-order valence-electron chi connectivity index (χ2n) is 5.04. The molecule has 0 aliphatic carbocycles. The lowest BCUT2D eigenvalue weighted by molar-refractivity contribution is 0.00842. The molecule has 0 atom stereocenters. The quantitative estimate of drug-likeness (QED) is 0.938. The lowest BCUT2D eigenvalue weighted by Crippen LogP contribution is -2.25. The van der Waals surface area contributed by atoms with Crippen LogP contribution in [0.4, 0.5) is 5.69 Å². The number of hydrogen-bond acceptors (Lipinski definition) is 3. The Hall–Kier alpha value is -2.33. The largest absolute Gasteiger partial charge is 0.497 e. The minimum atomic E-state index is -0.114. The number of rotatable bonds is 4. The normalized spacial score (nSPS) is 14.3. The van der Waals surface area contributed by atoms with E-state index < -0.39 is 0 Å². The molecule has 0 radical (unpaired) electrons. The third-order valence-corrected chi connectivity index (χ3v) is 3.63. The van der Waals surface area contributed by atoms with E-state index >= 15 is 0 Å². The Morgan fingerprint density at radius 3 is 2.29 bits per heavy atom. The number of nitrogens with one attached hydrogen (secondary N) is 1. The molecular formula is C17H17NO3. The topological polar surface area (TPSA) is 47.6 Å². The van der Waals surface area contributed by atoms with E-state index in [0.717, 1.165) is 24.7 Å². The molecule has 1 saturated heterocycles. The molecule has 1 aliphatic rings. The Bertz CT molecular complexity index is 615. The van der Waals surface area contributed by atoms with Crippen LogP contribution < -0.4 is 10.1 Å². The van der Waals surface area contributed by atoms with Gasteiger partial charge in [-0.05, 0) is 42.0 Å². The molecular weight excluding hydrogens is 266 g/mol. The van der Waals surface area contributed by atoms with Gasteiger partial charge in [0, 0.05) is 17.2 Å². The van der Waals surface area contributed by atoms with Crippen LogP contribution >= 0.6 is 0 Å². The van der Waals surface area contributed by atoms with Gasteiger partial charge in [-0.25, -0.2) is 0 Å². The van der Waals surface area contributed by atoms with Gasteiger partial charge in [0.2, 0.25) is 0 Å². The fraction of sp³-hybridized carbons (Fsp3) is 0.235. The van der Waals surface area contributed by atoms with Gasteiger partial charge in [0.1, 0.15) is 5.75 Å². The molecule has 0 saturated carbocycles. The zero-order valence-electron chi connectivity index (χ0n) is 11.8. The highest BCUT2D eigenvalue weighted by molar-refractivity contribution is 6.04. The highest BCUT2D eigenvalue weighted by Crippen LogP contribution is 2.24. The number of amides is 1. The maximum atomic E-state index is 12.2. The molecule has 0 bridgehead atoms. The molecule has 0 aromatic heterocycles. The number of carbonyl (C=O) groups is 1. The van der Waals surface area contributed by atoms with Gasteiger partial charge in [0.25, 0.3) is 5.91 Å². The van der Waals surface area contributed by atoms with Crippen LogP contribution in [0.5, 0.6) is 5.75 Å². The molecule has 0 spiro atoms. The number of anilines is 1. The predicted molar refractivity (Wildman–Crippen MR) is 80.9 cm³/mol. The maximum absolute atomic E-state index is 12.2. The Morgan fingerprint density at radius 1 is 1.10 bits per heavy atom. The van der Waals surface area contributed by atoms with E-state index in [2.05, 4.69) is 5.32 Å². The SMILES string of the molecule is COc1ccc(NC(=O)c2ccc(C3COC3)cc2)cc1. The van der Waals surface area contributed by atoms with E-state index in [4.69, 9.17) is 9.47 Å². The molecule has 21 heavy (non-hydrogen) atoms. The van der Waals surface area contributed by atoms with Crippen molar-refractivity contribution in [2.45, 2.75) is 5.92 Å². The third-order valence-electron chi connectivity index (χ3n) is 3.63. The first kappa shape index (κ1) is 13.6. The summed E-state index contributed by atoms with van der Waals surface area (Å²) < 4.78 is 10.3. The van der Waals surface area contributed by atoms with E-state index in [0.29, 0.717) is 11.5 Å². The zero-order chi connectivity index (χ0) is 14.7. The monoisotopic (exact) mass is 283 g/mol. The number of methoxy groups -OCH3 is 1. The standard InChI is InChI=1S/C17H17NO3/c1-20-16-8-6-15(7-9-16)18-17(19)13-4-2-12(3-5-13)14-10-21-11-14/h2-9,14H,10-11H2,1H3,(H,18,19). The first-order valence-corrected chi connectivity index (χ1v) is 6.89. The molecule has 1 heterocycles. The minimum absolute atomic E-state index is 0.114. The van der Waals surface area contributed by atoms with E-state index in [9.17, 15) is 4.79 Å². The molecule has 2 aromatic rings. The van der Waals surface area contributed by atoms with Crippen LogP contribution in [-0.4, -0.2) is 26.2 Å². The molecule has 108 valence electrons. The second kappa shape index (κ2) is 5.97. The summed E-state index contributed by atoms with van der Waals surface area (Å²) in [5, 5.41) is 2.87.